The summed E-state index contributed by atoms with van der Waals surface area (Å²) in [6.45, 7) is 0.706. The lowest BCUT2D eigenvalue weighted by atomic mass is 10.1. The number of para-hydroxylation sites is 2. The van der Waals surface area contributed by atoms with E-state index >= 15 is 0 Å². The second-order valence-corrected chi connectivity index (χ2v) is 8.31. The van der Waals surface area contributed by atoms with Crippen molar-refractivity contribution < 1.29 is 19.1 Å². The molecule has 32 heavy (non-hydrogen) atoms. The maximum absolute atomic E-state index is 12.8. The number of rotatable bonds is 8. The van der Waals surface area contributed by atoms with Gasteiger partial charge in [-0.05, 0) is 42.1 Å². The smallest absolute Gasteiger partial charge is 0.293 e. The van der Waals surface area contributed by atoms with Crippen LogP contribution in [-0.4, -0.2) is 29.2 Å². The van der Waals surface area contributed by atoms with Crippen molar-refractivity contribution in [2.24, 2.45) is 0 Å². The van der Waals surface area contributed by atoms with Crippen LogP contribution in [0.4, 0.5) is 4.79 Å². The van der Waals surface area contributed by atoms with E-state index in [2.05, 4.69) is 0 Å². The van der Waals surface area contributed by atoms with Crippen LogP contribution in [0.5, 0.6) is 11.5 Å². The van der Waals surface area contributed by atoms with Gasteiger partial charge in [0.25, 0.3) is 11.1 Å². The lowest BCUT2D eigenvalue weighted by Crippen LogP contribution is -2.32. The van der Waals surface area contributed by atoms with E-state index in [1.807, 2.05) is 78.9 Å². The fraction of sp³-hybridized carbons (Fsp3) is 0.120. The SMILES string of the molecule is O=C1S/C(=C\c2ccccc2OCc2ccccc2Cl)C(=O)N1CCOc1ccccc1. The maximum atomic E-state index is 12.8. The van der Waals surface area contributed by atoms with Crippen molar-refractivity contribution >= 4 is 40.6 Å². The van der Waals surface area contributed by atoms with Gasteiger partial charge in [0, 0.05) is 16.1 Å². The van der Waals surface area contributed by atoms with Gasteiger partial charge in [-0.3, -0.25) is 14.5 Å². The monoisotopic (exact) mass is 465 g/mol. The van der Waals surface area contributed by atoms with E-state index in [4.69, 9.17) is 21.1 Å². The molecule has 2 amide bonds. The van der Waals surface area contributed by atoms with Crippen molar-refractivity contribution in [3.63, 3.8) is 0 Å². The number of halogens is 1. The van der Waals surface area contributed by atoms with Gasteiger partial charge >= 0.3 is 0 Å². The summed E-state index contributed by atoms with van der Waals surface area (Å²) >= 11 is 7.12. The third-order valence-corrected chi connectivity index (χ3v) is 6.02. The van der Waals surface area contributed by atoms with Crippen LogP contribution >= 0.6 is 23.4 Å². The first-order valence-electron chi connectivity index (χ1n) is 10.0. The number of ether oxygens (including phenoxy) is 2. The van der Waals surface area contributed by atoms with Crippen molar-refractivity contribution in [3.8, 4) is 11.5 Å². The van der Waals surface area contributed by atoms with E-state index in [9.17, 15) is 9.59 Å². The van der Waals surface area contributed by atoms with Crippen LogP contribution in [0.25, 0.3) is 6.08 Å². The molecule has 162 valence electrons. The Morgan fingerprint density at radius 2 is 1.59 bits per heavy atom. The largest absolute Gasteiger partial charge is 0.492 e. The van der Waals surface area contributed by atoms with Gasteiger partial charge in [-0.25, -0.2) is 0 Å². The number of carbonyl (C=O) groups is 2. The minimum absolute atomic E-state index is 0.182. The molecule has 3 aromatic rings. The van der Waals surface area contributed by atoms with Crippen LogP contribution in [-0.2, 0) is 11.4 Å². The van der Waals surface area contributed by atoms with E-state index in [1.54, 1.807) is 6.08 Å². The summed E-state index contributed by atoms with van der Waals surface area (Å²) in [6, 6.07) is 24.1. The summed E-state index contributed by atoms with van der Waals surface area (Å²) in [4.78, 5) is 26.7. The van der Waals surface area contributed by atoms with E-state index in [0.717, 1.165) is 17.3 Å². The van der Waals surface area contributed by atoms with Gasteiger partial charge in [-0.15, -0.1) is 0 Å². The minimum Gasteiger partial charge on any atom is -0.492 e. The molecule has 1 aliphatic heterocycles. The van der Waals surface area contributed by atoms with Crippen LogP contribution in [0.15, 0.2) is 83.8 Å². The molecule has 5 nitrogen and oxygen atoms in total. The molecule has 0 spiro atoms. The molecule has 1 aliphatic rings. The number of imide groups is 1. The van der Waals surface area contributed by atoms with Gasteiger partial charge < -0.3 is 9.47 Å². The number of hydrogen-bond donors (Lipinski definition) is 0. The molecule has 0 unspecified atom stereocenters. The molecule has 0 atom stereocenters. The Hall–Kier alpha value is -3.22. The predicted molar refractivity (Wildman–Crippen MR) is 127 cm³/mol. The zero-order valence-corrected chi connectivity index (χ0v) is 18.6. The van der Waals surface area contributed by atoms with Gasteiger partial charge in [0.2, 0.25) is 0 Å². The molecule has 1 heterocycles. The Morgan fingerprint density at radius 3 is 2.41 bits per heavy atom. The highest BCUT2D eigenvalue weighted by Crippen LogP contribution is 2.34. The summed E-state index contributed by atoms with van der Waals surface area (Å²) < 4.78 is 11.6. The standard InChI is InChI=1S/C25H20ClNO4S/c26-21-12-6-4-9-19(21)17-31-22-13-7-5-8-18(22)16-23-24(28)27(25(29)32-23)14-15-30-20-10-2-1-3-11-20/h1-13,16H,14-15,17H2/b23-16-. The third kappa shape index (κ3) is 5.33. The van der Waals surface area contributed by atoms with Crippen LogP contribution in [0.3, 0.4) is 0 Å². The summed E-state index contributed by atoms with van der Waals surface area (Å²) in [5, 5.41) is 0.316. The van der Waals surface area contributed by atoms with Crippen LogP contribution in [0.2, 0.25) is 5.02 Å². The molecule has 0 N–H and O–H groups in total. The summed E-state index contributed by atoms with van der Waals surface area (Å²) in [5.74, 6) is 0.962. The molecule has 7 heteroatoms. The van der Waals surface area contributed by atoms with Crippen molar-refractivity contribution in [2.75, 3.05) is 13.2 Å². The number of hydrogen-bond acceptors (Lipinski definition) is 5. The average Bonchev–Trinajstić information content (AvgIpc) is 3.07. The topological polar surface area (TPSA) is 55.8 Å². The molecule has 4 rings (SSSR count). The maximum Gasteiger partial charge on any atom is 0.293 e. The number of carbonyl (C=O) groups excluding carboxylic acids is 2. The zero-order chi connectivity index (χ0) is 22.3. The number of benzene rings is 3. The molecular weight excluding hydrogens is 446 g/mol. The molecule has 1 fully saturated rings. The van der Waals surface area contributed by atoms with E-state index in [1.165, 1.54) is 4.90 Å². The second kappa shape index (κ2) is 10.4. The quantitative estimate of drug-likeness (QED) is 0.380. The Kier molecular flexibility index (Phi) is 7.14. The van der Waals surface area contributed by atoms with Crippen LogP contribution in [0.1, 0.15) is 11.1 Å². The Labute approximate surface area is 195 Å². The van der Waals surface area contributed by atoms with Crippen molar-refractivity contribution in [1.82, 2.24) is 4.90 Å². The zero-order valence-electron chi connectivity index (χ0n) is 17.1. The molecule has 0 saturated carbocycles. The number of amides is 2. The lowest BCUT2D eigenvalue weighted by molar-refractivity contribution is -0.123. The number of thioether (sulfide) groups is 1. The van der Waals surface area contributed by atoms with Crippen molar-refractivity contribution in [3.05, 3.63) is 99.9 Å². The van der Waals surface area contributed by atoms with Gasteiger partial charge in [-0.1, -0.05) is 66.2 Å². The fourth-order valence-electron chi connectivity index (χ4n) is 3.11. The summed E-state index contributed by atoms with van der Waals surface area (Å²) in [7, 11) is 0. The molecule has 0 radical (unpaired) electrons. The predicted octanol–water partition coefficient (Wildman–Crippen LogP) is 6.03. The van der Waals surface area contributed by atoms with Crippen LogP contribution < -0.4 is 9.47 Å². The van der Waals surface area contributed by atoms with Gasteiger partial charge in [0.15, 0.2) is 0 Å². The molecule has 0 aliphatic carbocycles. The van der Waals surface area contributed by atoms with Crippen LogP contribution in [0, 0.1) is 0 Å². The van der Waals surface area contributed by atoms with E-state index in [0.29, 0.717) is 33.6 Å². The van der Waals surface area contributed by atoms with E-state index in [-0.39, 0.29) is 24.3 Å². The molecule has 0 bridgehead atoms. The highest BCUT2D eigenvalue weighted by atomic mass is 35.5. The molecule has 3 aromatic carbocycles. The molecule has 0 aromatic heterocycles. The summed E-state index contributed by atoms with van der Waals surface area (Å²) in [5.41, 5.74) is 1.58. The average molecular weight is 466 g/mol. The minimum atomic E-state index is -0.336. The van der Waals surface area contributed by atoms with Gasteiger partial charge in [0.1, 0.15) is 24.7 Å². The first-order valence-corrected chi connectivity index (χ1v) is 11.2. The summed E-state index contributed by atoms with van der Waals surface area (Å²) in [6.07, 6.45) is 1.69. The highest BCUT2D eigenvalue weighted by Gasteiger charge is 2.35. The van der Waals surface area contributed by atoms with E-state index < -0.39 is 0 Å². The Morgan fingerprint density at radius 1 is 0.875 bits per heavy atom. The second-order valence-electron chi connectivity index (χ2n) is 6.91. The van der Waals surface area contributed by atoms with Crippen molar-refractivity contribution in [2.45, 2.75) is 6.61 Å². The lowest BCUT2D eigenvalue weighted by Gasteiger charge is -2.13. The first kappa shape index (κ1) is 22.0. The number of nitrogens with zero attached hydrogens (tertiary/aromatic N) is 1. The fourth-order valence-corrected chi connectivity index (χ4v) is 4.15. The first-order chi connectivity index (χ1) is 15.6. The third-order valence-electron chi connectivity index (χ3n) is 4.75. The Bertz CT molecular complexity index is 1150. The molecule has 1 saturated heterocycles. The van der Waals surface area contributed by atoms with Gasteiger partial charge in [-0.2, -0.15) is 0 Å². The van der Waals surface area contributed by atoms with Crippen molar-refractivity contribution in [1.29, 1.82) is 0 Å². The Balaban J connectivity index is 1.43. The highest BCUT2D eigenvalue weighted by molar-refractivity contribution is 8.18. The molecular formula is C25H20ClNO4S. The van der Waals surface area contributed by atoms with Gasteiger partial charge in [0.05, 0.1) is 11.4 Å². The normalized spacial score (nSPS) is 14.8.